The molecule has 4 aliphatic rings. The third-order valence-corrected chi connectivity index (χ3v) is 8.66. The maximum atomic E-state index is 5.46. The topological polar surface area (TPSA) is 9.23 Å². The van der Waals surface area contributed by atoms with Crippen LogP contribution >= 0.6 is 0 Å². The van der Waals surface area contributed by atoms with Gasteiger partial charge in [0.2, 0.25) is 0 Å². The maximum absolute atomic E-state index is 5.46. The Morgan fingerprint density at radius 1 is 0.765 bits per heavy atom. The van der Waals surface area contributed by atoms with Crippen molar-refractivity contribution in [1.82, 2.24) is 0 Å². The smallest absolute Gasteiger partial charge is 0.149 e. The molecular weight excluding hydrogens is 240 g/mol. The second kappa shape index (κ2) is 5.58. The largest absolute Gasteiger partial charge is 0.468 e. The predicted octanol–water partition coefficient (Wildman–Crippen LogP) is 2.17. The van der Waals surface area contributed by atoms with Gasteiger partial charge in [0.25, 0.3) is 0 Å². The van der Waals surface area contributed by atoms with Gasteiger partial charge in [-0.3, -0.25) is 0 Å². The number of hydrogen-bond acceptors (Lipinski definition) is 1. The summed E-state index contributed by atoms with van der Waals surface area (Å²) in [7, 11) is 0.926. The summed E-state index contributed by atoms with van der Waals surface area (Å²) in [6.07, 6.45) is 14.0. The molecule has 4 rings (SSSR count). The van der Waals surface area contributed by atoms with Gasteiger partial charge in [-0.1, -0.05) is 38.5 Å². The van der Waals surface area contributed by atoms with Gasteiger partial charge in [-0.15, -0.1) is 0 Å². The SMILES string of the molecule is C1CC2CCC1C2.[SiH3]O[SiH2]C1CC2CCC1C2. The third kappa shape index (κ3) is 2.87. The highest BCUT2D eigenvalue weighted by Gasteiger charge is 2.39. The summed E-state index contributed by atoms with van der Waals surface area (Å²) in [4.78, 5) is 0. The quantitative estimate of drug-likeness (QED) is 0.698. The number of rotatable bonds is 2. The first-order valence-corrected chi connectivity index (χ1v) is 10.0. The molecule has 4 aliphatic carbocycles. The average molecular weight is 269 g/mol. The molecule has 0 saturated heterocycles. The molecule has 4 saturated carbocycles. The lowest BCUT2D eigenvalue weighted by Crippen LogP contribution is -2.13. The fraction of sp³-hybridized carbons (Fsp3) is 1.00. The third-order valence-electron chi connectivity index (χ3n) is 5.90. The lowest BCUT2D eigenvalue weighted by atomic mass is 10.0. The van der Waals surface area contributed by atoms with Crippen molar-refractivity contribution in [2.75, 3.05) is 0 Å². The Kier molecular flexibility index (Phi) is 4.08. The van der Waals surface area contributed by atoms with E-state index in [2.05, 4.69) is 0 Å². The van der Waals surface area contributed by atoms with Crippen molar-refractivity contribution in [2.45, 2.75) is 63.3 Å². The molecule has 3 unspecified atom stereocenters. The van der Waals surface area contributed by atoms with E-state index in [0.29, 0.717) is 0 Å². The first-order valence-electron chi connectivity index (χ1n) is 7.84. The van der Waals surface area contributed by atoms with Crippen LogP contribution in [0.25, 0.3) is 0 Å². The van der Waals surface area contributed by atoms with E-state index in [1.165, 1.54) is 24.7 Å². The average Bonchev–Trinajstić information content (AvgIpc) is 3.12. The van der Waals surface area contributed by atoms with Gasteiger partial charge in [0.15, 0.2) is 0 Å². The Balaban J connectivity index is 0.000000113. The molecule has 3 heteroatoms. The van der Waals surface area contributed by atoms with Gasteiger partial charge in [-0.25, -0.2) is 0 Å². The van der Waals surface area contributed by atoms with Crippen LogP contribution in [0.4, 0.5) is 0 Å². The monoisotopic (exact) mass is 268 g/mol. The van der Waals surface area contributed by atoms with Crippen LogP contribution in [0, 0.1) is 23.7 Å². The van der Waals surface area contributed by atoms with Crippen LogP contribution in [0.15, 0.2) is 0 Å². The van der Waals surface area contributed by atoms with Crippen LogP contribution in [0.1, 0.15) is 57.8 Å². The molecule has 0 heterocycles. The Bertz CT molecular complexity index is 241. The minimum atomic E-state index is -0.0681. The highest BCUT2D eigenvalue weighted by molar-refractivity contribution is 6.36. The highest BCUT2D eigenvalue weighted by Crippen LogP contribution is 2.51. The molecule has 0 aromatic carbocycles. The van der Waals surface area contributed by atoms with E-state index in [1.54, 1.807) is 44.9 Å². The summed E-state index contributed by atoms with van der Waals surface area (Å²) in [6, 6.07) is 0. The summed E-state index contributed by atoms with van der Waals surface area (Å²) in [5.41, 5.74) is 1.09. The van der Waals surface area contributed by atoms with Crippen LogP contribution in [-0.2, 0) is 4.12 Å². The summed E-state index contributed by atoms with van der Waals surface area (Å²) >= 11 is 0. The van der Waals surface area contributed by atoms with Gasteiger partial charge in [-0.2, -0.15) is 0 Å². The Morgan fingerprint density at radius 2 is 1.41 bits per heavy atom. The molecule has 0 N–H and O–H groups in total. The van der Waals surface area contributed by atoms with Crippen molar-refractivity contribution in [3.8, 4) is 0 Å². The standard InChI is InChI=1S/C7H16OSi2.C7H12/c9-8-10-7-4-5-1-2-6(7)3-5;1-2-7-4-3-6(1)5-7/h5-7H,1-4,10H2,9H3;6-7H,1-5H2. The molecule has 0 amide bonds. The van der Waals surface area contributed by atoms with Crippen LogP contribution in [-0.4, -0.2) is 20.2 Å². The van der Waals surface area contributed by atoms with Crippen LogP contribution < -0.4 is 0 Å². The number of fused-ring (bicyclic) bond motifs is 4. The molecule has 0 aromatic heterocycles. The molecule has 4 bridgehead atoms. The first kappa shape index (κ1) is 12.4. The summed E-state index contributed by atoms with van der Waals surface area (Å²) in [6.45, 7) is 0. The molecule has 0 radical (unpaired) electrons. The van der Waals surface area contributed by atoms with E-state index in [1.807, 2.05) is 0 Å². The zero-order chi connectivity index (χ0) is 11.7. The molecule has 3 atom stereocenters. The summed E-state index contributed by atoms with van der Waals surface area (Å²) in [5, 5.41) is 0. The second-order valence-electron chi connectivity index (χ2n) is 7.01. The van der Waals surface area contributed by atoms with Crippen molar-refractivity contribution < 1.29 is 4.12 Å². The van der Waals surface area contributed by atoms with E-state index in [-0.39, 0.29) is 9.76 Å². The minimum Gasteiger partial charge on any atom is -0.468 e. The van der Waals surface area contributed by atoms with Crippen molar-refractivity contribution in [1.29, 1.82) is 0 Å². The van der Waals surface area contributed by atoms with Crippen LogP contribution in [0.5, 0.6) is 0 Å². The van der Waals surface area contributed by atoms with Gasteiger partial charge < -0.3 is 4.12 Å². The minimum absolute atomic E-state index is 0.0681. The van der Waals surface area contributed by atoms with E-state index < -0.39 is 0 Å². The normalized spacial score (nSPS) is 46.9. The lowest BCUT2D eigenvalue weighted by molar-refractivity contribution is 0.455. The Morgan fingerprint density at radius 3 is 1.76 bits per heavy atom. The van der Waals surface area contributed by atoms with Gasteiger partial charge in [-0.05, 0) is 48.5 Å². The Hall–Kier alpha value is 0.394. The van der Waals surface area contributed by atoms with E-state index in [9.17, 15) is 0 Å². The van der Waals surface area contributed by atoms with Crippen molar-refractivity contribution in [3.05, 3.63) is 0 Å². The van der Waals surface area contributed by atoms with E-state index in [4.69, 9.17) is 4.12 Å². The first-order chi connectivity index (χ1) is 8.35. The van der Waals surface area contributed by atoms with Gasteiger partial charge in [0.1, 0.15) is 20.2 Å². The predicted molar refractivity (Wildman–Crippen MR) is 78.8 cm³/mol. The lowest BCUT2D eigenvalue weighted by Gasteiger charge is -2.19. The maximum Gasteiger partial charge on any atom is 0.149 e. The molecule has 98 valence electrons. The van der Waals surface area contributed by atoms with Crippen LogP contribution in [0.3, 0.4) is 0 Å². The zero-order valence-electron chi connectivity index (χ0n) is 11.4. The molecule has 0 aliphatic heterocycles. The molecular formula is C14H28OSi2. The molecule has 0 spiro atoms. The van der Waals surface area contributed by atoms with Crippen molar-refractivity contribution in [3.63, 3.8) is 0 Å². The highest BCUT2D eigenvalue weighted by atomic mass is 28.3. The van der Waals surface area contributed by atoms with E-state index >= 15 is 0 Å². The molecule has 4 fully saturated rings. The van der Waals surface area contributed by atoms with Gasteiger partial charge in [0.05, 0.1) is 0 Å². The molecule has 0 aromatic rings. The second-order valence-corrected chi connectivity index (χ2v) is 10.7. The summed E-state index contributed by atoms with van der Waals surface area (Å²) < 4.78 is 5.46. The van der Waals surface area contributed by atoms with Crippen molar-refractivity contribution in [2.24, 2.45) is 23.7 Å². The van der Waals surface area contributed by atoms with E-state index in [0.717, 1.165) is 27.9 Å². The van der Waals surface area contributed by atoms with Crippen molar-refractivity contribution >= 4 is 20.2 Å². The fourth-order valence-electron chi connectivity index (χ4n) is 4.97. The van der Waals surface area contributed by atoms with Gasteiger partial charge in [0, 0.05) is 0 Å². The van der Waals surface area contributed by atoms with Gasteiger partial charge >= 0.3 is 0 Å². The summed E-state index contributed by atoms with van der Waals surface area (Å²) in [5.74, 6) is 4.58. The van der Waals surface area contributed by atoms with Crippen LogP contribution in [0.2, 0.25) is 5.54 Å². The Labute approximate surface area is 112 Å². The molecule has 1 nitrogen and oxygen atoms in total. The number of hydrogen-bond donors (Lipinski definition) is 0. The molecule has 17 heavy (non-hydrogen) atoms. The zero-order valence-corrected chi connectivity index (χ0v) is 14.8. The fourth-order valence-corrected chi connectivity index (χ4v) is 7.99.